The molecule has 0 radical (unpaired) electrons. The zero-order valence-electron chi connectivity index (χ0n) is 5.97. The minimum absolute atomic E-state index is 0.0995. The van der Waals surface area contributed by atoms with Gasteiger partial charge in [0.1, 0.15) is 11.8 Å². The van der Waals surface area contributed by atoms with Gasteiger partial charge in [-0.25, -0.2) is 4.98 Å². The highest BCUT2D eigenvalue weighted by molar-refractivity contribution is 5.36. The molecule has 2 aromatic rings. The van der Waals surface area contributed by atoms with Crippen LogP contribution in [0.4, 0.5) is 0 Å². The summed E-state index contributed by atoms with van der Waals surface area (Å²) in [5, 5.41) is 17.5. The molecule has 0 atom stereocenters. The van der Waals surface area contributed by atoms with Crippen LogP contribution in [0.1, 0.15) is 5.69 Å². The quantitative estimate of drug-likeness (QED) is 0.601. The summed E-state index contributed by atoms with van der Waals surface area (Å²) < 4.78 is 1.54. The van der Waals surface area contributed by atoms with E-state index < -0.39 is 0 Å². The average Bonchev–Trinajstić information content (AvgIpc) is 2.43. The summed E-state index contributed by atoms with van der Waals surface area (Å²) in [4.78, 5) is 7.52. The number of fused-ring (bicyclic) bond motifs is 1. The molecule has 2 rings (SSSR count). The monoisotopic (exact) mass is 160 g/mol. The predicted octanol–water partition coefficient (Wildman–Crippen LogP) is 0.307. The summed E-state index contributed by atoms with van der Waals surface area (Å²) in [6, 6.07) is 3.43. The van der Waals surface area contributed by atoms with Gasteiger partial charge in [-0.2, -0.15) is 10.2 Å². The van der Waals surface area contributed by atoms with Crippen molar-refractivity contribution in [2.45, 2.75) is 0 Å². The lowest BCUT2D eigenvalue weighted by Crippen LogP contribution is -1.89. The fourth-order valence-corrected chi connectivity index (χ4v) is 0.922. The Morgan fingerprint density at radius 3 is 3.08 bits per heavy atom. The van der Waals surface area contributed by atoms with Crippen molar-refractivity contribution in [3.63, 3.8) is 0 Å². The average molecular weight is 160 g/mol. The predicted molar refractivity (Wildman–Crippen MR) is 39.4 cm³/mol. The number of nitriles is 1. The molecule has 0 aliphatic carbocycles. The Kier molecular flexibility index (Phi) is 1.21. The summed E-state index contributed by atoms with van der Waals surface area (Å²) >= 11 is 0. The molecule has 5 nitrogen and oxygen atoms in total. The highest BCUT2D eigenvalue weighted by Crippen LogP contribution is 2.07. The molecule has 0 spiro atoms. The first-order valence-electron chi connectivity index (χ1n) is 3.24. The van der Waals surface area contributed by atoms with Crippen molar-refractivity contribution in [1.29, 1.82) is 5.26 Å². The van der Waals surface area contributed by atoms with E-state index in [0.717, 1.165) is 0 Å². The third kappa shape index (κ3) is 0.864. The molecule has 58 valence electrons. The topological polar surface area (TPSA) is 74.2 Å². The lowest BCUT2D eigenvalue weighted by molar-refractivity contribution is 0.457. The van der Waals surface area contributed by atoms with Crippen molar-refractivity contribution < 1.29 is 5.11 Å². The van der Waals surface area contributed by atoms with E-state index in [1.807, 2.05) is 6.07 Å². The van der Waals surface area contributed by atoms with Crippen LogP contribution in [-0.4, -0.2) is 19.5 Å². The van der Waals surface area contributed by atoms with Crippen LogP contribution in [0.15, 0.2) is 18.5 Å². The van der Waals surface area contributed by atoms with Gasteiger partial charge in [0.2, 0.25) is 11.7 Å². The smallest absolute Gasteiger partial charge is 0.238 e. The Balaban J connectivity index is 2.77. The first kappa shape index (κ1) is 6.61. The zero-order chi connectivity index (χ0) is 8.55. The summed E-state index contributed by atoms with van der Waals surface area (Å²) in [5.74, 6) is 0.226. The minimum Gasteiger partial charge on any atom is -0.492 e. The summed E-state index contributed by atoms with van der Waals surface area (Å²) in [6.45, 7) is 0. The van der Waals surface area contributed by atoms with Crippen molar-refractivity contribution in [1.82, 2.24) is 14.4 Å². The van der Waals surface area contributed by atoms with E-state index in [1.165, 1.54) is 10.6 Å². The van der Waals surface area contributed by atoms with Gasteiger partial charge in [0.25, 0.3) is 0 Å². The molecule has 0 fully saturated rings. The minimum atomic E-state index is -0.0995. The van der Waals surface area contributed by atoms with E-state index in [4.69, 9.17) is 10.4 Å². The number of aromatic nitrogens is 3. The molecule has 0 amide bonds. The largest absolute Gasteiger partial charge is 0.492 e. The maximum atomic E-state index is 8.96. The molecular formula is C7H4N4O. The van der Waals surface area contributed by atoms with E-state index in [-0.39, 0.29) is 11.6 Å². The van der Waals surface area contributed by atoms with E-state index >= 15 is 0 Å². The lowest BCUT2D eigenvalue weighted by Gasteiger charge is -1.89. The van der Waals surface area contributed by atoms with Gasteiger partial charge in [-0.1, -0.05) is 0 Å². The highest BCUT2D eigenvalue weighted by atomic mass is 16.3. The van der Waals surface area contributed by atoms with Gasteiger partial charge in [0.05, 0.1) is 6.20 Å². The van der Waals surface area contributed by atoms with Crippen molar-refractivity contribution in [3.05, 3.63) is 24.2 Å². The van der Waals surface area contributed by atoms with Crippen LogP contribution < -0.4 is 0 Å². The Hall–Kier alpha value is -2.09. The van der Waals surface area contributed by atoms with Gasteiger partial charge in [-0.15, -0.1) is 0 Å². The molecule has 1 N–H and O–H groups in total. The van der Waals surface area contributed by atoms with Gasteiger partial charge >= 0.3 is 0 Å². The molecule has 0 aliphatic rings. The Labute approximate surface area is 67.5 Å². The van der Waals surface area contributed by atoms with Crippen LogP contribution in [-0.2, 0) is 0 Å². The normalized spacial score (nSPS) is 9.92. The molecule has 0 aromatic carbocycles. The van der Waals surface area contributed by atoms with Crippen molar-refractivity contribution in [2.24, 2.45) is 0 Å². The van der Waals surface area contributed by atoms with Gasteiger partial charge in [-0.3, -0.25) is 4.40 Å². The Morgan fingerprint density at radius 2 is 2.33 bits per heavy atom. The van der Waals surface area contributed by atoms with Crippen LogP contribution >= 0.6 is 0 Å². The second kappa shape index (κ2) is 2.20. The van der Waals surface area contributed by atoms with Crippen LogP contribution in [0.25, 0.3) is 5.78 Å². The zero-order valence-corrected chi connectivity index (χ0v) is 5.97. The van der Waals surface area contributed by atoms with E-state index in [1.54, 1.807) is 12.3 Å². The molecule has 0 bridgehead atoms. The molecule has 0 unspecified atom stereocenters. The molecule has 5 heteroatoms. The van der Waals surface area contributed by atoms with Gasteiger partial charge in [0.15, 0.2) is 0 Å². The second-order valence-corrected chi connectivity index (χ2v) is 2.23. The highest BCUT2D eigenvalue weighted by Gasteiger charge is 2.00. The van der Waals surface area contributed by atoms with Gasteiger partial charge in [0, 0.05) is 6.20 Å². The second-order valence-electron chi connectivity index (χ2n) is 2.23. The molecule has 2 heterocycles. The molecule has 2 aromatic heterocycles. The third-order valence-electron chi connectivity index (χ3n) is 1.43. The Morgan fingerprint density at radius 1 is 1.50 bits per heavy atom. The number of imidazole rings is 1. The van der Waals surface area contributed by atoms with Gasteiger partial charge < -0.3 is 5.11 Å². The number of hydrogen-bond donors (Lipinski definition) is 1. The molecule has 0 saturated carbocycles. The number of hydrogen-bond acceptors (Lipinski definition) is 4. The third-order valence-corrected chi connectivity index (χ3v) is 1.43. The van der Waals surface area contributed by atoms with Crippen molar-refractivity contribution in [3.8, 4) is 11.9 Å². The van der Waals surface area contributed by atoms with Crippen LogP contribution in [0.3, 0.4) is 0 Å². The summed E-state index contributed by atoms with van der Waals surface area (Å²) in [5.41, 5.74) is 0.285. The molecular weight excluding hydrogens is 156 g/mol. The van der Waals surface area contributed by atoms with Crippen molar-refractivity contribution in [2.75, 3.05) is 0 Å². The van der Waals surface area contributed by atoms with Crippen molar-refractivity contribution >= 4 is 5.78 Å². The van der Waals surface area contributed by atoms with E-state index in [0.29, 0.717) is 5.78 Å². The molecule has 0 saturated heterocycles. The maximum Gasteiger partial charge on any atom is 0.238 e. The summed E-state index contributed by atoms with van der Waals surface area (Å²) in [6.07, 6.45) is 3.04. The summed E-state index contributed by atoms with van der Waals surface area (Å²) in [7, 11) is 0. The van der Waals surface area contributed by atoms with Gasteiger partial charge in [-0.05, 0) is 6.07 Å². The van der Waals surface area contributed by atoms with E-state index in [9.17, 15) is 0 Å². The SMILES string of the molecule is N#Cc1ccn2cc(O)nc2n1. The number of rotatable bonds is 0. The Bertz CT molecular complexity index is 468. The fourth-order valence-electron chi connectivity index (χ4n) is 0.922. The fraction of sp³-hybridized carbons (Fsp3) is 0. The standard InChI is InChI=1S/C7H4N4O/c8-3-5-1-2-11-4-6(12)10-7(11)9-5/h1-2,4,12H. The first-order valence-corrected chi connectivity index (χ1v) is 3.24. The van der Waals surface area contributed by atoms with Crippen LogP contribution in [0, 0.1) is 11.3 Å². The molecule has 12 heavy (non-hydrogen) atoms. The number of nitrogens with zero attached hydrogens (tertiary/aromatic N) is 4. The first-order chi connectivity index (χ1) is 5.79. The number of aromatic hydroxyl groups is 1. The lowest BCUT2D eigenvalue weighted by atomic mass is 10.4. The molecule has 0 aliphatic heterocycles. The maximum absolute atomic E-state index is 8.96. The van der Waals surface area contributed by atoms with Crippen LogP contribution in [0.5, 0.6) is 5.88 Å². The van der Waals surface area contributed by atoms with E-state index in [2.05, 4.69) is 9.97 Å². The van der Waals surface area contributed by atoms with Crippen LogP contribution in [0.2, 0.25) is 0 Å².